The molecule has 80 valence electrons. The Balaban J connectivity index is 2.50. The van der Waals surface area contributed by atoms with Crippen LogP contribution in [-0.2, 0) is 9.67 Å². The highest BCUT2D eigenvalue weighted by Crippen LogP contribution is 2.38. The monoisotopic (exact) mass is 227 g/mol. The van der Waals surface area contributed by atoms with Gasteiger partial charge in [-0.15, -0.1) is 11.8 Å². The molecule has 1 fully saturated rings. The molecule has 0 saturated carbocycles. The number of hydrogen-bond acceptors (Lipinski definition) is 3. The first-order valence-corrected chi connectivity index (χ1v) is 5.53. The minimum absolute atomic E-state index is 0.194. The quantitative estimate of drug-likeness (QED) is 0.801. The van der Waals surface area contributed by atoms with Crippen molar-refractivity contribution in [1.82, 2.24) is 5.32 Å². The number of nitrogens with one attached hydrogen (secondary N) is 1. The summed E-state index contributed by atoms with van der Waals surface area (Å²) in [6.45, 7) is 0.575. The van der Waals surface area contributed by atoms with Gasteiger partial charge in [-0.25, -0.2) is 9.18 Å². The predicted octanol–water partition coefficient (Wildman–Crippen LogP) is 1.40. The van der Waals surface area contributed by atoms with Crippen LogP contribution in [-0.4, -0.2) is 23.4 Å². The lowest BCUT2D eigenvalue weighted by Gasteiger charge is -2.24. The van der Waals surface area contributed by atoms with Gasteiger partial charge in [-0.1, -0.05) is 18.2 Å². The Morgan fingerprint density at radius 3 is 2.80 bits per heavy atom. The number of carboxylic acid groups (broad SMARTS) is 1. The lowest BCUT2D eigenvalue weighted by molar-refractivity contribution is -0.141. The third-order valence-electron chi connectivity index (χ3n) is 2.35. The van der Waals surface area contributed by atoms with E-state index in [0.29, 0.717) is 12.3 Å². The van der Waals surface area contributed by atoms with Crippen molar-refractivity contribution >= 4 is 17.7 Å². The van der Waals surface area contributed by atoms with Gasteiger partial charge < -0.3 is 5.11 Å². The molecule has 3 nitrogen and oxygen atoms in total. The molecule has 0 aromatic heterocycles. The molecule has 2 rings (SSSR count). The first-order valence-electron chi connectivity index (χ1n) is 4.54. The maximum atomic E-state index is 13.5. The van der Waals surface area contributed by atoms with Gasteiger partial charge in [-0.3, -0.25) is 5.32 Å². The van der Waals surface area contributed by atoms with Crippen LogP contribution in [0.2, 0.25) is 0 Å². The first-order chi connectivity index (χ1) is 7.17. The van der Waals surface area contributed by atoms with Crippen molar-refractivity contribution in [3.05, 3.63) is 35.6 Å². The summed E-state index contributed by atoms with van der Waals surface area (Å²) in [6, 6.07) is 5.98. The molecule has 1 aromatic rings. The van der Waals surface area contributed by atoms with E-state index in [9.17, 15) is 14.3 Å². The van der Waals surface area contributed by atoms with Crippen LogP contribution in [0.1, 0.15) is 5.56 Å². The molecule has 0 aliphatic carbocycles. The molecule has 1 unspecified atom stereocenters. The predicted molar refractivity (Wildman–Crippen MR) is 56.2 cm³/mol. The van der Waals surface area contributed by atoms with Crippen LogP contribution in [0.15, 0.2) is 24.3 Å². The second kappa shape index (κ2) is 3.83. The van der Waals surface area contributed by atoms with Gasteiger partial charge in [-0.05, 0) is 6.07 Å². The van der Waals surface area contributed by atoms with Crippen molar-refractivity contribution in [3.63, 3.8) is 0 Å². The fourth-order valence-electron chi connectivity index (χ4n) is 1.65. The van der Waals surface area contributed by atoms with Gasteiger partial charge >= 0.3 is 5.97 Å². The highest BCUT2D eigenvalue weighted by atomic mass is 32.2. The van der Waals surface area contributed by atoms with Crippen LogP contribution in [0.25, 0.3) is 0 Å². The number of carboxylic acids is 1. The highest BCUT2D eigenvalue weighted by Gasteiger charge is 2.45. The van der Waals surface area contributed by atoms with Gasteiger partial charge in [0.05, 0.1) is 0 Å². The lowest BCUT2D eigenvalue weighted by Crippen LogP contribution is -2.43. The Kier molecular flexibility index (Phi) is 2.67. The van der Waals surface area contributed by atoms with E-state index in [-0.39, 0.29) is 5.56 Å². The van der Waals surface area contributed by atoms with Crippen LogP contribution in [0.4, 0.5) is 4.39 Å². The van der Waals surface area contributed by atoms with Crippen molar-refractivity contribution in [3.8, 4) is 0 Å². The minimum atomic E-state index is -1.31. The normalized spacial score (nSPS) is 25.4. The highest BCUT2D eigenvalue weighted by molar-refractivity contribution is 8.01. The second-order valence-electron chi connectivity index (χ2n) is 3.24. The van der Waals surface area contributed by atoms with E-state index in [1.807, 2.05) is 0 Å². The zero-order valence-electron chi connectivity index (χ0n) is 7.87. The summed E-state index contributed by atoms with van der Waals surface area (Å²) in [7, 11) is 0. The number of halogens is 1. The Morgan fingerprint density at radius 1 is 1.53 bits per heavy atom. The fourth-order valence-corrected chi connectivity index (χ4v) is 2.81. The number of thioether (sulfide) groups is 1. The average Bonchev–Trinajstić information content (AvgIpc) is 2.68. The van der Waals surface area contributed by atoms with E-state index in [0.717, 1.165) is 0 Å². The fraction of sp³-hybridized carbons (Fsp3) is 0.300. The molecular weight excluding hydrogens is 217 g/mol. The summed E-state index contributed by atoms with van der Waals surface area (Å²) in [6.07, 6.45) is 0. The Labute approximate surface area is 90.7 Å². The molecule has 1 saturated heterocycles. The molecule has 1 aromatic carbocycles. The summed E-state index contributed by atoms with van der Waals surface area (Å²) in [5.74, 6) is -0.863. The first kappa shape index (κ1) is 10.4. The number of aliphatic carboxylic acids is 1. The maximum Gasteiger partial charge on any atom is 0.339 e. The van der Waals surface area contributed by atoms with Gasteiger partial charge in [0, 0.05) is 17.9 Å². The Hall–Kier alpha value is -1.07. The minimum Gasteiger partial charge on any atom is -0.479 e. The van der Waals surface area contributed by atoms with Gasteiger partial charge in [0.25, 0.3) is 0 Å². The third kappa shape index (κ3) is 1.61. The summed E-state index contributed by atoms with van der Waals surface area (Å²) in [5.41, 5.74) is 0.194. The van der Waals surface area contributed by atoms with Crippen molar-refractivity contribution in [2.24, 2.45) is 0 Å². The third-order valence-corrected chi connectivity index (χ3v) is 3.73. The molecule has 2 N–H and O–H groups in total. The second-order valence-corrected chi connectivity index (χ2v) is 4.55. The van der Waals surface area contributed by atoms with Crippen molar-refractivity contribution in [2.45, 2.75) is 4.87 Å². The zero-order chi connectivity index (χ0) is 10.9. The topological polar surface area (TPSA) is 49.3 Å². The van der Waals surface area contributed by atoms with Crippen molar-refractivity contribution < 1.29 is 14.3 Å². The molecule has 1 atom stereocenters. The Morgan fingerprint density at radius 2 is 2.27 bits per heavy atom. The van der Waals surface area contributed by atoms with Crippen LogP contribution in [0, 0.1) is 5.82 Å². The molecule has 0 bridgehead atoms. The molecule has 0 radical (unpaired) electrons. The SMILES string of the molecule is O=C(O)C1(c2ccccc2F)NCCS1. The van der Waals surface area contributed by atoms with E-state index in [4.69, 9.17) is 0 Å². The summed E-state index contributed by atoms with van der Waals surface area (Å²) < 4.78 is 13.5. The Bertz CT molecular complexity index is 391. The lowest BCUT2D eigenvalue weighted by atomic mass is 10.1. The van der Waals surface area contributed by atoms with E-state index >= 15 is 0 Å². The van der Waals surface area contributed by atoms with Crippen LogP contribution >= 0.6 is 11.8 Å². The molecular formula is C10H10FNO2S. The largest absolute Gasteiger partial charge is 0.479 e. The van der Waals surface area contributed by atoms with Crippen LogP contribution < -0.4 is 5.32 Å². The molecule has 1 heterocycles. The summed E-state index contributed by atoms with van der Waals surface area (Å²) >= 11 is 1.21. The average molecular weight is 227 g/mol. The number of benzene rings is 1. The standard InChI is InChI=1S/C10H10FNO2S/c11-8-4-2-1-3-7(8)10(9(13)14)12-5-6-15-10/h1-4,12H,5-6H2,(H,13,14). The molecule has 0 spiro atoms. The summed E-state index contributed by atoms with van der Waals surface area (Å²) in [4.78, 5) is 9.91. The van der Waals surface area contributed by atoms with Gasteiger partial charge in [0.15, 0.2) is 4.87 Å². The van der Waals surface area contributed by atoms with Gasteiger partial charge in [-0.2, -0.15) is 0 Å². The smallest absolute Gasteiger partial charge is 0.339 e. The number of hydrogen-bond donors (Lipinski definition) is 2. The van der Waals surface area contributed by atoms with Crippen LogP contribution in [0.5, 0.6) is 0 Å². The molecule has 5 heteroatoms. The van der Waals surface area contributed by atoms with Gasteiger partial charge in [0.1, 0.15) is 5.82 Å². The maximum absolute atomic E-state index is 13.5. The number of rotatable bonds is 2. The molecule has 15 heavy (non-hydrogen) atoms. The molecule has 0 amide bonds. The van der Waals surface area contributed by atoms with Crippen molar-refractivity contribution in [1.29, 1.82) is 0 Å². The molecule has 1 aliphatic heterocycles. The van der Waals surface area contributed by atoms with E-state index in [1.54, 1.807) is 12.1 Å². The van der Waals surface area contributed by atoms with E-state index in [2.05, 4.69) is 5.32 Å². The zero-order valence-corrected chi connectivity index (χ0v) is 8.68. The van der Waals surface area contributed by atoms with Crippen LogP contribution in [0.3, 0.4) is 0 Å². The number of carbonyl (C=O) groups is 1. The van der Waals surface area contributed by atoms with E-state index in [1.165, 1.54) is 23.9 Å². The summed E-state index contributed by atoms with van der Waals surface area (Å²) in [5, 5.41) is 12.0. The van der Waals surface area contributed by atoms with Gasteiger partial charge in [0.2, 0.25) is 0 Å². The molecule has 1 aliphatic rings. The van der Waals surface area contributed by atoms with Crippen molar-refractivity contribution in [2.75, 3.05) is 12.3 Å². The van der Waals surface area contributed by atoms with E-state index < -0.39 is 16.7 Å².